The predicted molar refractivity (Wildman–Crippen MR) is 91.0 cm³/mol. The Kier molecular flexibility index (Phi) is 3.24. The first-order valence-corrected chi connectivity index (χ1v) is 8.41. The molecular weight excluding hydrogens is 377 g/mol. The van der Waals surface area contributed by atoms with Crippen molar-refractivity contribution in [1.82, 2.24) is 0 Å². The van der Waals surface area contributed by atoms with Crippen molar-refractivity contribution in [2.75, 3.05) is 5.32 Å². The van der Waals surface area contributed by atoms with Gasteiger partial charge in [0.2, 0.25) is 5.91 Å². The summed E-state index contributed by atoms with van der Waals surface area (Å²) >= 11 is 2.24. The fraction of sp³-hybridized carbons (Fsp3) is 0.529. The van der Waals surface area contributed by atoms with Crippen molar-refractivity contribution in [3.8, 4) is 0 Å². The van der Waals surface area contributed by atoms with Gasteiger partial charge in [-0.2, -0.15) is 0 Å². The largest absolute Gasteiger partial charge is 0.326 e. The van der Waals surface area contributed by atoms with Crippen molar-refractivity contribution in [3.63, 3.8) is 0 Å². The number of Topliss-reactive ketones (excluding diaryl/α,β-unsaturated/α-hetero) is 1. The third-order valence-electron chi connectivity index (χ3n) is 6.24. The van der Waals surface area contributed by atoms with Crippen molar-refractivity contribution >= 4 is 40.0 Å². The lowest BCUT2D eigenvalue weighted by Crippen LogP contribution is -2.43. The molecule has 2 fully saturated rings. The van der Waals surface area contributed by atoms with Gasteiger partial charge in [-0.05, 0) is 65.1 Å². The minimum Gasteiger partial charge on any atom is -0.326 e. The lowest BCUT2D eigenvalue weighted by Gasteiger charge is -2.38. The fourth-order valence-corrected chi connectivity index (χ4v) is 4.50. The van der Waals surface area contributed by atoms with Gasteiger partial charge in [0.15, 0.2) is 0 Å². The van der Waals surface area contributed by atoms with Gasteiger partial charge in [-0.3, -0.25) is 9.59 Å². The summed E-state index contributed by atoms with van der Waals surface area (Å²) in [6.07, 6.45) is 2.00. The maximum atomic E-state index is 12.9. The highest BCUT2D eigenvalue weighted by atomic mass is 127. The van der Waals surface area contributed by atoms with Gasteiger partial charge in [0, 0.05) is 21.1 Å². The van der Waals surface area contributed by atoms with E-state index in [4.69, 9.17) is 0 Å². The molecule has 21 heavy (non-hydrogen) atoms. The smallest absolute Gasteiger partial charge is 0.231 e. The molecule has 0 heterocycles. The number of benzene rings is 1. The lowest BCUT2D eigenvalue weighted by atomic mass is 9.64. The van der Waals surface area contributed by atoms with Crippen molar-refractivity contribution in [2.45, 2.75) is 40.0 Å². The second-order valence-corrected chi connectivity index (χ2v) is 8.35. The van der Waals surface area contributed by atoms with Crippen molar-refractivity contribution in [3.05, 3.63) is 27.8 Å². The van der Waals surface area contributed by atoms with Gasteiger partial charge in [0.05, 0.1) is 5.41 Å². The van der Waals surface area contributed by atoms with Crippen LogP contribution in [0, 0.1) is 19.8 Å². The highest BCUT2D eigenvalue weighted by Crippen LogP contribution is 2.70. The number of carbonyl (C=O) groups excluding carboxylic acids is 2. The Morgan fingerprint density at radius 1 is 1.14 bits per heavy atom. The van der Waals surface area contributed by atoms with Gasteiger partial charge in [0.1, 0.15) is 5.78 Å². The molecule has 2 bridgehead atoms. The third kappa shape index (κ3) is 1.84. The fourth-order valence-electron chi connectivity index (χ4n) is 4.14. The number of nitrogens with one attached hydrogen (secondary N) is 1. The van der Waals surface area contributed by atoms with E-state index in [1.165, 1.54) is 0 Å². The number of halogens is 1. The number of ketones is 1. The van der Waals surface area contributed by atoms with E-state index >= 15 is 0 Å². The van der Waals surface area contributed by atoms with E-state index in [0.29, 0.717) is 6.42 Å². The summed E-state index contributed by atoms with van der Waals surface area (Å²) < 4.78 is 1.13. The van der Waals surface area contributed by atoms with E-state index in [1.54, 1.807) is 0 Å². The molecule has 0 saturated heterocycles. The van der Waals surface area contributed by atoms with Crippen LogP contribution in [-0.4, -0.2) is 11.7 Å². The summed E-state index contributed by atoms with van der Waals surface area (Å²) in [4.78, 5) is 25.3. The molecule has 3 rings (SSSR count). The van der Waals surface area contributed by atoms with Gasteiger partial charge in [0.25, 0.3) is 0 Å². The summed E-state index contributed by atoms with van der Waals surface area (Å²) in [5.41, 5.74) is -0.388. The number of anilines is 1. The van der Waals surface area contributed by atoms with Gasteiger partial charge in [-0.1, -0.05) is 20.8 Å². The van der Waals surface area contributed by atoms with Crippen LogP contribution in [0.15, 0.2) is 24.3 Å². The lowest BCUT2D eigenvalue weighted by molar-refractivity contribution is -0.131. The number of amides is 1. The van der Waals surface area contributed by atoms with Crippen molar-refractivity contribution < 1.29 is 9.59 Å². The molecule has 1 aromatic rings. The molecule has 2 aliphatic rings. The topological polar surface area (TPSA) is 46.2 Å². The molecule has 1 aromatic carbocycles. The zero-order valence-corrected chi connectivity index (χ0v) is 14.8. The summed E-state index contributed by atoms with van der Waals surface area (Å²) in [5.74, 6) is 0.250. The van der Waals surface area contributed by atoms with E-state index in [1.807, 2.05) is 31.2 Å². The molecule has 0 unspecified atom stereocenters. The summed E-state index contributed by atoms with van der Waals surface area (Å²) in [6.45, 7) is 6.19. The first-order chi connectivity index (χ1) is 9.73. The molecule has 0 radical (unpaired) electrons. The van der Waals surface area contributed by atoms with Crippen LogP contribution >= 0.6 is 22.6 Å². The molecule has 0 spiro atoms. The molecule has 2 saturated carbocycles. The van der Waals surface area contributed by atoms with Crippen LogP contribution in [0.3, 0.4) is 0 Å². The van der Waals surface area contributed by atoms with Gasteiger partial charge in [-0.15, -0.1) is 0 Å². The van der Waals surface area contributed by atoms with Crippen LogP contribution in [0.2, 0.25) is 0 Å². The van der Waals surface area contributed by atoms with Crippen LogP contribution in [-0.2, 0) is 9.59 Å². The number of fused-ring (bicyclic) bond motifs is 2. The molecule has 0 aromatic heterocycles. The van der Waals surface area contributed by atoms with Crippen molar-refractivity contribution in [1.29, 1.82) is 0 Å². The Morgan fingerprint density at radius 2 is 1.76 bits per heavy atom. The van der Waals surface area contributed by atoms with Crippen LogP contribution in [0.4, 0.5) is 5.69 Å². The molecule has 1 N–H and O–H groups in total. The van der Waals surface area contributed by atoms with Crippen molar-refractivity contribution in [2.24, 2.45) is 16.2 Å². The van der Waals surface area contributed by atoms with E-state index in [-0.39, 0.29) is 22.5 Å². The number of hydrogen-bond donors (Lipinski definition) is 1. The third-order valence-corrected chi connectivity index (χ3v) is 6.96. The average molecular weight is 397 g/mol. The second kappa shape index (κ2) is 4.54. The molecule has 1 amide bonds. The number of carbonyl (C=O) groups is 2. The molecular formula is C17H20INO2. The molecule has 4 heteroatoms. The quantitative estimate of drug-likeness (QED) is 0.767. The zero-order chi connectivity index (χ0) is 15.5. The second-order valence-electron chi connectivity index (χ2n) is 7.10. The molecule has 2 aliphatic carbocycles. The maximum Gasteiger partial charge on any atom is 0.231 e. The SMILES string of the molecule is CC1(C)[C@]2(C(=O)Nc3ccc(I)cc3)CC[C@@]1(C)C(=O)C2. The Hall–Kier alpha value is -0.910. The monoisotopic (exact) mass is 397 g/mol. The first kappa shape index (κ1) is 15.0. The van der Waals surface area contributed by atoms with Crippen LogP contribution < -0.4 is 5.32 Å². The Labute approximate surface area is 139 Å². The minimum atomic E-state index is -0.554. The van der Waals surface area contributed by atoms with Crippen LogP contribution in [0.25, 0.3) is 0 Å². The normalized spacial score (nSPS) is 33.2. The minimum absolute atomic E-state index is 0.00304. The van der Waals surface area contributed by atoms with E-state index in [2.05, 4.69) is 41.8 Å². The standard InChI is InChI=1S/C17H20INO2/c1-15(2)16(3)8-9-17(15,10-13(16)20)14(21)19-12-6-4-11(18)5-7-12/h4-7H,8-10H2,1-3H3,(H,19,21)/t16-,17+/m0/s1. The summed E-state index contributed by atoms with van der Waals surface area (Å²) in [6, 6.07) is 7.76. The van der Waals surface area contributed by atoms with Gasteiger partial charge < -0.3 is 5.32 Å². The Balaban J connectivity index is 1.91. The number of hydrogen-bond acceptors (Lipinski definition) is 2. The number of rotatable bonds is 2. The molecule has 2 atom stereocenters. The summed E-state index contributed by atoms with van der Waals surface area (Å²) in [7, 11) is 0. The molecule has 0 aliphatic heterocycles. The van der Waals surface area contributed by atoms with E-state index in [0.717, 1.165) is 22.1 Å². The first-order valence-electron chi connectivity index (χ1n) is 7.33. The Morgan fingerprint density at radius 3 is 2.24 bits per heavy atom. The maximum absolute atomic E-state index is 12.9. The van der Waals surface area contributed by atoms with Crippen LogP contribution in [0.1, 0.15) is 40.0 Å². The van der Waals surface area contributed by atoms with Crippen LogP contribution in [0.5, 0.6) is 0 Å². The Bertz CT molecular complexity index is 622. The molecule has 3 nitrogen and oxygen atoms in total. The van der Waals surface area contributed by atoms with Gasteiger partial charge in [-0.25, -0.2) is 0 Å². The van der Waals surface area contributed by atoms with E-state index < -0.39 is 5.41 Å². The predicted octanol–water partition coefficient (Wildman–Crippen LogP) is 4.02. The summed E-state index contributed by atoms with van der Waals surface area (Å²) in [5, 5.41) is 3.03. The van der Waals surface area contributed by atoms with E-state index in [9.17, 15) is 9.59 Å². The highest BCUT2D eigenvalue weighted by molar-refractivity contribution is 14.1. The molecule has 112 valence electrons. The zero-order valence-electron chi connectivity index (χ0n) is 12.6. The highest BCUT2D eigenvalue weighted by Gasteiger charge is 2.72. The average Bonchev–Trinajstić information content (AvgIpc) is 2.72. The van der Waals surface area contributed by atoms with Gasteiger partial charge >= 0.3 is 0 Å².